The molecule has 3 N–H and O–H groups in total. The van der Waals surface area contributed by atoms with Crippen molar-refractivity contribution in [1.29, 1.82) is 5.41 Å². The van der Waals surface area contributed by atoms with E-state index in [0.29, 0.717) is 13.0 Å². The van der Waals surface area contributed by atoms with Crippen LogP contribution in [0.4, 0.5) is 8.78 Å². The van der Waals surface area contributed by atoms with Crippen molar-refractivity contribution in [2.75, 3.05) is 13.1 Å². The molecule has 0 spiro atoms. The number of hydrogen-bond donors (Lipinski definition) is 2. The van der Waals surface area contributed by atoms with E-state index in [1.54, 1.807) is 4.90 Å². The van der Waals surface area contributed by atoms with Gasteiger partial charge in [-0.25, -0.2) is 8.78 Å². The average Bonchev–Trinajstić information content (AvgIpc) is 1.96. The largest absolute Gasteiger partial charge is 0.388 e. The van der Waals surface area contributed by atoms with Crippen LogP contribution in [-0.2, 0) is 0 Å². The molecule has 0 fully saturated rings. The zero-order chi connectivity index (χ0) is 10.4. The summed E-state index contributed by atoms with van der Waals surface area (Å²) in [5.74, 6) is 0.0416. The third-order valence-electron chi connectivity index (χ3n) is 1.77. The maximum absolute atomic E-state index is 12.0. The second kappa shape index (κ2) is 5.85. The smallest absolute Gasteiger partial charge is 0.251 e. The fourth-order valence-electron chi connectivity index (χ4n) is 1.00. The summed E-state index contributed by atoms with van der Waals surface area (Å²) in [7, 11) is 0. The lowest BCUT2D eigenvalue weighted by atomic mass is 10.2. The highest BCUT2D eigenvalue weighted by Crippen LogP contribution is 2.04. The maximum atomic E-state index is 12.0. The van der Waals surface area contributed by atoms with Crippen LogP contribution in [0.15, 0.2) is 0 Å². The van der Waals surface area contributed by atoms with Gasteiger partial charge in [0, 0.05) is 19.0 Å². The Balaban J connectivity index is 3.87. The maximum Gasteiger partial charge on any atom is 0.251 e. The van der Waals surface area contributed by atoms with Crippen LogP contribution in [0.3, 0.4) is 0 Å². The lowest BCUT2D eigenvalue weighted by Crippen LogP contribution is -2.37. The Morgan fingerprint density at radius 3 is 2.31 bits per heavy atom. The molecule has 0 aromatic rings. The number of hydrogen-bond acceptors (Lipinski definition) is 2. The minimum Gasteiger partial charge on any atom is -0.388 e. The average molecular weight is 193 g/mol. The highest BCUT2D eigenvalue weighted by molar-refractivity contribution is 5.76. The first-order valence-electron chi connectivity index (χ1n) is 4.28. The SMILES string of the molecule is CC(C)N(CCC(=N)N)CC(F)F. The van der Waals surface area contributed by atoms with Gasteiger partial charge in [0.05, 0.1) is 12.4 Å². The molecule has 0 heterocycles. The van der Waals surface area contributed by atoms with Gasteiger partial charge in [-0.1, -0.05) is 0 Å². The molecule has 0 aliphatic heterocycles. The first kappa shape index (κ1) is 12.3. The van der Waals surface area contributed by atoms with E-state index in [1.165, 1.54) is 0 Å². The molecule has 5 heteroatoms. The van der Waals surface area contributed by atoms with Crippen LogP contribution in [0.2, 0.25) is 0 Å². The third kappa shape index (κ3) is 6.45. The molecule has 13 heavy (non-hydrogen) atoms. The summed E-state index contributed by atoms with van der Waals surface area (Å²) in [5, 5.41) is 6.97. The molecule has 0 radical (unpaired) electrons. The quantitative estimate of drug-likeness (QED) is 0.493. The second-order valence-electron chi connectivity index (χ2n) is 3.26. The lowest BCUT2D eigenvalue weighted by molar-refractivity contribution is 0.0747. The number of nitrogens with zero attached hydrogens (tertiary/aromatic N) is 1. The predicted molar refractivity (Wildman–Crippen MR) is 49.2 cm³/mol. The standard InChI is InChI=1S/C8H17F2N3/c1-6(2)13(5-7(9)10)4-3-8(11)12/h6-7H,3-5H2,1-2H3,(H3,11,12). The van der Waals surface area contributed by atoms with Crippen LogP contribution < -0.4 is 5.73 Å². The van der Waals surface area contributed by atoms with Crippen molar-refractivity contribution in [3.8, 4) is 0 Å². The Bertz CT molecular complexity index is 159. The molecular formula is C8H17F2N3. The topological polar surface area (TPSA) is 53.1 Å². The zero-order valence-electron chi connectivity index (χ0n) is 8.06. The van der Waals surface area contributed by atoms with Gasteiger partial charge in [-0.15, -0.1) is 0 Å². The molecule has 0 saturated heterocycles. The van der Waals surface area contributed by atoms with Gasteiger partial charge in [0.1, 0.15) is 0 Å². The van der Waals surface area contributed by atoms with Gasteiger partial charge in [-0.05, 0) is 13.8 Å². The summed E-state index contributed by atoms with van der Waals surface area (Å²) in [6.45, 7) is 3.88. The number of nitrogens with two attached hydrogens (primary N) is 1. The van der Waals surface area contributed by atoms with Crippen molar-refractivity contribution >= 4 is 5.84 Å². The summed E-state index contributed by atoms with van der Waals surface area (Å²) in [5.41, 5.74) is 5.14. The molecule has 0 aromatic heterocycles. The van der Waals surface area contributed by atoms with E-state index in [9.17, 15) is 8.78 Å². The minimum absolute atomic E-state index is 0.0416. The number of halogens is 2. The second-order valence-corrected chi connectivity index (χ2v) is 3.26. The van der Waals surface area contributed by atoms with E-state index in [-0.39, 0.29) is 18.4 Å². The highest BCUT2D eigenvalue weighted by atomic mass is 19.3. The molecule has 0 rings (SSSR count). The van der Waals surface area contributed by atoms with Gasteiger partial charge in [-0.2, -0.15) is 0 Å². The first-order valence-corrected chi connectivity index (χ1v) is 4.28. The normalized spacial score (nSPS) is 11.6. The van der Waals surface area contributed by atoms with E-state index in [0.717, 1.165) is 0 Å². The zero-order valence-corrected chi connectivity index (χ0v) is 8.06. The summed E-state index contributed by atoms with van der Waals surface area (Å²) in [6, 6.07) is 0.0633. The number of rotatable bonds is 6. The molecule has 0 aliphatic carbocycles. The summed E-state index contributed by atoms with van der Waals surface area (Å²) in [6.07, 6.45) is -1.97. The van der Waals surface area contributed by atoms with E-state index in [2.05, 4.69) is 0 Å². The van der Waals surface area contributed by atoms with Crippen LogP contribution >= 0.6 is 0 Å². The molecule has 0 amide bonds. The minimum atomic E-state index is -2.32. The molecular weight excluding hydrogens is 176 g/mol. The summed E-state index contributed by atoms with van der Waals surface area (Å²) < 4.78 is 24.1. The van der Waals surface area contributed by atoms with Crippen LogP contribution in [0.5, 0.6) is 0 Å². The summed E-state index contributed by atoms with van der Waals surface area (Å²) in [4.78, 5) is 1.62. The van der Waals surface area contributed by atoms with Crippen molar-refractivity contribution in [3.05, 3.63) is 0 Å². The Kier molecular flexibility index (Phi) is 5.53. The molecule has 0 unspecified atom stereocenters. The van der Waals surface area contributed by atoms with Gasteiger partial charge >= 0.3 is 0 Å². The van der Waals surface area contributed by atoms with Crippen LogP contribution in [0.25, 0.3) is 0 Å². The molecule has 0 bridgehead atoms. The van der Waals surface area contributed by atoms with Gasteiger partial charge in [0.25, 0.3) is 6.43 Å². The third-order valence-corrected chi connectivity index (χ3v) is 1.77. The first-order chi connectivity index (χ1) is 5.93. The Labute approximate surface area is 77.4 Å². The van der Waals surface area contributed by atoms with Crippen molar-refractivity contribution in [2.45, 2.75) is 32.7 Å². The van der Waals surface area contributed by atoms with Crippen LogP contribution in [0, 0.1) is 5.41 Å². The van der Waals surface area contributed by atoms with Crippen molar-refractivity contribution in [1.82, 2.24) is 4.90 Å². The van der Waals surface area contributed by atoms with Crippen LogP contribution in [0.1, 0.15) is 20.3 Å². The molecule has 78 valence electrons. The van der Waals surface area contributed by atoms with Gasteiger partial charge in [0.2, 0.25) is 0 Å². The fraction of sp³-hybridized carbons (Fsp3) is 0.875. The lowest BCUT2D eigenvalue weighted by Gasteiger charge is -2.25. The van der Waals surface area contributed by atoms with E-state index < -0.39 is 6.43 Å². The molecule has 0 aliphatic rings. The van der Waals surface area contributed by atoms with Crippen molar-refractivity contribution < 1.29 is 8.78 Å². The Morgan fingerprint density at radius 2 is 2.00 bits per heavy atom. The fourth-order valence-corrected chi connectivity index (χ4v) is 1.00. The Morgan fingerprint density at radius 1 is 1.46 bits per heavy atom. The van der Waals surface area contributed by atoms with Crippen LogP contribution in [-0.4, -0.2) is 36.3 Å². The highest BCUT2D eigenvalue weighted by Gasteiger charge is 2.14. The number of amidine groups is 1. The van der Waals surface area contributed by atoms with Gasteiger partial charge in [0.15, 0.2) is 0 Å². The molecule has 0 saturated carbocycles. The van der Waals surface area contributed by atoms with Crippen molar-refractivity contribution in [3.63, 3.8) is 0 Å². The van der Waals surface area contributed by atoms with Gasteiger partial charge in [-0.3, -0.25) is 10.3 Å². The summed E-state index contributed by atoms with van der Waals surface area (Å²) >= 11 is 0. The molecule has 0 aromatic carbocycles. The monoisotopic (exact) mass is 193 g/mol. The van der Waals surface area contributed by atoms with E-state index in [4.69, 9.17) is 11.1 Å². The number of nitrogens with one attached hydrogen (secondary N) is 1. The molecule has 3 nitrogen and oxygen atoms in total. The predicted octanol–water partition coefficient (Wildman–Crippen LogP) is 1.29. The van der Waals surface area contributed by atoms with Gasteiger partial charge < -0.3 is 5.73 Å². The van der Waals surface area contributed by atoms with E-state index >= 15 is 0 Å². The van der Waals surface area contributed by atoms with Crippen molar-refractivity contribution in [2.24, 2.45) is 5.73 Å². The molecule has 0 atom stereocenters. The Hall–Kier alpha value is -0.710. The number of alkyl halides is 2. The van der Waals surface area contributed by atoms with E-state index in [1.807, 2.05) is 13.8 Å².